The molecule has 9 heteroatoms. The van der Waals surface area contributed by atoms with Crippen molar-refractivity contribution < 1.29 is 23.2 Å². The van der Waals surface area contributed by atoms with Crippen LogP contribution in [0.2, 0.25) is 5.02 Å². The van der Waals surface area contributed by atoms with Gasteiger partial charge in [0.25, 0.3) is 0 Å². The summed E-state index contributed by atoms with van der Waals surface area (Å²) in [5.74, 6) is 0.127. The molecule has 0 saturated carbocycles. The summed E-state index contributed by atoms with van der Waals surface area (Å²) in [7, 11) is 0. The number of carbonyl (C=O) groups excluding carboxylic acids is 1. The van der Waals surface area contributed by atoms with Crippen LogP contribution in [-0.2, 0) is 16.1 Å². The number of amides is 1. The van der Waals surface area contributed by atoms with Crippen LogP contribution in [0.4, 0.5) is 10.2 Å². The predicted octanol–water partition coefficient (Wildman–Crippen LogP) is 3.47. The highest BCUT2D eigenvalue weighted by atomic mass is 35.5. The fourth-order valence-corrected chi connectivity index (χ4v) is 3.28. The van der Waals surface area contributed by atoms with Crippen molar-refractivity contribution >= 4 is 34.3 Å². The van der Waals surface area contributed by atoms with Crippen molar-refractivity contribution in [3.63, 3.8) is 0 Å². The van der Waals surface area contributed by atoms with Crippen molar-refractivity contribution in [3.8, 4) is 5.75 Å². The second-order valence-corrected chi connectivity index (χ2v) is 7.03. The molecule has 0 aliphatic carbocycles. The van der Waals surface area contributed by atoms with Crippen molar-refractivity contribution in [3.05, 3.63) is 52.8 Å². The van der Waals surface area contributed by atoms with Crippen LogP contribution in [-0.4, -0.2) is 48.8 Å². The number of benzene rings is 2. The lowest BCUT2D eigenvalue weighted by Gasteiger charge is -2.25. The van der Waals surface area contributed by atoms with E-state index in [4.69, 9.17) is 25.6 Å². The van der Waals surface area contributed by atoms with Gasteiger partial charge in [0.2, 0.25) is 5.91 Å². The molecular weight excluding hydrogens is 401 g/mol. The van der Waals surface area contributed by atoms with E-state index in [-0.39, 0.29) is 24.9 Å². The van der Waals surface area contributed by atoms with Crippen molar-refractivity contribution in [1.29, 1.82) is 0 Å². The molecule has 4 rings (SSSR count). The van der Waals surface area contributed by atoms with E-state index in [9.17, 15) is 9.18 Å². The van der Waals surface area contributed by atoms with Gasteiger partial charge in [-0.15, -0.1) is 0 Å². The van der Waals surface area contributed by atoms with Crippen molar-refractivity contribution in [2.24, 2.45) is 0 Å². The number of morpholine rings is 1. The lowest BCUT2D eigenvalue weighted by Crippen LogP contribution is -2.41. The summed E-state index contributed by atoms with van der Waals surface area (Å²) in [4.78, 5) is 14.4. The number of fused-ring (bicyclic) bond motifs is 1. The minimum absolute atomic E-state index is 0.0576. The smallest absolute Gasteiger partial charge is 0.239 e. The van der Waals surface area contributed by atoms with Gasteiger partial charge in [-0.2, -0.15) is 0 Å². The SMILES string of the molecule is O=C(CN1CCOCC1)Nc1noc2cccc(OCc3cc(F)ccc3Cl)c12. The predicted molar refractivity (Wildman–Crippen MR) is 106 cm³/mol. The average Bonchev–Trinajstić information content (AvgIpc) is 3.13. The normalized spacial score (nSPS) is 14.8. The van der Waals surface area contributed by atoms with Gasteiger partial charge in [-0.25, -0.2) is 4.39 Å². The number of aromatic nitrogens is 1. The molecule has 29 heavy (non-hydrogen) atoms. The van der Waals surface area contributed by atoms with Gasteiger partial charge in [0.1, 0.15) is 23.6 Å². The molecule has 0 radical (unpaired) electrons. The molecule has 2 heterocycles. The molecule has 1 amide bonds. The van der Waals surface area contributed by atoms with Crippen LogP contribution >= 0.6 is 11.6 Å². The second-order valence-electron chi connectivity index (χ2n) is 6.62. The number of hydrogen-bond acceptors (Lipinski definition) is 6. The largest absolute Gasteiger partial charge is 0.488 e. The first-order valence-electron chi connectivity index (χ1n) is 9.15. The highest BCUT2D eigenvalue weighted by Gasteiger charge is 2.19. The van der Waals surface area contributed by atoms with Gasteiger partial charge in [-0.05, 0) is 30.3 Å². The maximum absolute atomic E-state index is 13.5. The number of rotatable bonds is 6. The lowest BCUT2D eigenvalue weighted by atomic mass is 10.2. The molecule has 1 fully saturated rings. The number of nitrogens with zero attached hydrogens (tertiary/aromatic N) is 2. The Morgan fingerprint density at radius 1 is 1.28 bits per heavy atom. The van der Waals surface area contributed by atoms with Crippen LogP contribution in [0.3, 0.4) is 0 Å². The summed E-state index contributed by atoms with van der Waals surface area (Å²) >= 11 is 6.10. The maximum Gasteiger partial charge on any atom is 0.239 e. The summed E-state index contributed by atoms with van der Waals surface area (Å²) in [6.07, 6.45) is 0. The molecule has 1 N–H and O–H groups in total. The van der Waals surface area contributed by atoms with E-state index in [1.165, 1.54) is 18.2 Å². The molecule has 3 aromatic rings. The molecule has 0 unspecified atom stereocenters. The Morgan fingerprint density at radius 3 is 2.93 bits per heavy atom. The number of halogens is 2. The lowest BCUT2D eigenvalue weighted by molar-refractivity contribution is -0.118. The summed E-state index contributed by atoms with van der Waals surface area (Å²) in [6.45, 7) is 2.93. The summed E-state index contributed by atoms with van der Waals surface area (Å²) in [6, 6.07) is 9.28. The van der Waals surface area contributed by atoms with Crippen molar-refractivity contribution in [2.45, 2.75) is 6.61 Å². The molecule has 7 nitrogen and oxygen atoms in total. The first-order valence-corrected chi connectivity index (χ1v) is 9.53. The molecule has 2 aromatic carbocycles. The molecule has 1 saturated heterocycles. The van der Waals surface area contributed by atoms with Crippen LogP contribution in [0.15, 0.2) is 40.9 Å². The zero-order valence-corrected chi connectivity index (χ0v) is 16.2. The highest BCUT2D eigenvalue weighted by molar-refractivity contribution is 6.31. The Morgan fingerprint density at radius 2 is 2.10 bits per heavy atom. The minimum Gasteiger partial charge on any atom is -0.488 e. The first kappa shape index (κ1) is 19.6. The standard InChI is InChI=1S/C20H19ClFN3O4/c21-15-5-4-14(22)10-13(15)12-28-16-2-1-3-17-19(16)20(24-29-17)23-18(26)11-25-6-8-27-9-7-25/h1-5,10H,6-9,11-12H2,(H,23,24,26). The van der Waals surface area contributed by atoms with E-state index in [0.717, 1.165) is 0 Å². The van der Waals surface area contributed by atoms with Gasteiger partial charge in [0.05, 0.1) is 19.8 Å². The Hall–Kier alpha value is -2.68. The van der Waals surface area contributed by atoms with Gasteiger partial charge in [0, 0.05) is 23.7 Å². The Labute approximate surface area is 171 Å². The monoisotopic (exact) mass is 419 g/mol. The van der Waals surface area contributed by atoms with E-state index in [1.807, 2.05) is 4.90 Å². The van der Waals surface area contributed by atoms with E-state index in [2.05, 4.69) is 10.5 Å². The van der Waals surface area contributed by atoms with Gasteiger partial charge >= 0.3 is 0 Å². The van der Waals surface area contributed by atoms with Crippen molar-refractivity contribution in [1.82, 2.24) is 10.1 Å². The topological polar surface area (TPSA) is 76.8 Å². The fourth-order valence-electron chi connectivity index (χ4n) is 3.11. The summed E-state index contributed by atoms with van der Waals surface area (Å²) in [5, 5.41) is 7.68. The molecule has 0 atom stereocenters. The van der Waals surface area contributed by atoms with Crippen LogP contribution in [0, 0.1) is 5.82 Å². The number of anilines is 1. The second kappa shape index (κ2) is 8.77. The Bertz CT molecular complexity index is 1020. The average molecular weight is 420 g/mol. The number of ether oxygens (including phenoxy) is 2. The molecule has 1 aromatic heterocycles. The third kappa shape index (κ3) is 4.67. The molecule has 1 aliphatic heterocycles. The maximum atomic E-state index is 13.5. The van der Waals surface area contributed by atoms with E-state index in [0.29, 0.717) is 53.6 Å². The summed E-state index contributed by atoms with van der Waals surface area (Å²) < 4.78 is 29.9. The van der Waals surface area contributed by atoms with E-state index < -0.39 is 5.82 Å². The highest BCUT2D eigenvalue weighted by Crippen LogP contribution is 2.33. The van der Waals surface area contributed by atoms with Crippen LogP contribution in [0.5, 0.6) is 5.75 Å². The van der Waals surface area contributed by atoms with Gasteiger partial charge in [-0.1, -0.05) is 22.8 Å². The van der Waals surface area contributed by atoms with Gasteiger partial charge in [0.15, 0.2) is 11.4 Å². The molecule has 0 bridgehead atoms. The Kier molecular flexibility index (Phi) is 5.94. The molecule has 152 valence electrons. The molecule has 0 spiro atoms. The van der Waals surface area contributed by atoms with Gasteiger partial charge in [-0.3, -0.25) is 9.69 Å². The molecular formula is C20H19ClFN3O4. The Balaban J connectivity index is 1.50. The fraction of sp³-hybridized carbons (Fsp3) is 0.300. The summed E-state index contributed by atoms with van der Waals surface area (Å²) in [5.41, 5.74) is 0.979. The quantitative estimate of drug-likeness (QED) is 0.659. The van der Waals surface area contributed by atoms with Crippen LogP contribution < -0.4 is 10.1 Å². The van der Waals surface area contributed by atoms with E-state index >= 15 is 0 Å². The number of carbonyl (C=O) groups is 1. The molecule has 1 aliphatic rings. The zero-order valence-electron chi connectivity index (χ0n) is 15.5. The van der Waals surface area contributed by atoms with Crippen LogP contribution in [0.25, 0.3) is 11.0 Å². The van der Waals surface area contributed by atoms with Crippen LogP contribution in [0.1, 0.15) is 5.56 Å². The first-order chi connectivity index (χ1) is 14.1. The third-order valence-corrected chi connectivity index (χ3v) is 4.95. The van der Waals surface area contributed by atoms with Crippen molar-refractivity contribution in [2.75, 3.05) is 38.2 Å². The third-order valence-electron chi connectivity index (χ3n) is 4.58. The zero-order chi connectivity index (χ0) is 20.2. The van der Waals surface area contributed by atoms with E-state index in [1.54, 1.807) is 18.2 Å². The van der Waals surface area contributed by atoms with Gasteiger partial charge < -0.3 is 19.3 Å². The number of nitrogens with one attached hydrogen (secondary N) is 1. The minimum atomic E-state index is -0.396. The number of hydrogen-bond donors (Lipinski definition) is 1.